The van der Waals surface area contributed by atoms with E-state index in [1.807, 2.05) is 78.9 Å². The lowest BCUT2D eigenvalue weighted by Gasteiger charge is -2.17. The minimum Gasteiger partial charge on any atom is -0.464 e. The molecule has 0 radical (unpaired) electrons. The van der Waals surface area contributed by atoms with Crippen molar-refractivity contribution in [3.8, 4) is 11.1 Å². The van der Waals surface area contributed by atoms with Gasteiger partial charge in [-0.3, -0.25) is 0 Å². The Morgan fingerprint density at radius 3 is 2.07 bits per heavy atom. The van der Waals surface area contributed by atoms with E-state index in [0.29, 0.717) is 13.2 Å². The standard InChI is InChI=1S/C23H21ClO3/c1-2-26-23(25)22(20-6-4-3-5-7-20)27-16-17-8-10-18(11-9-17)19-12-14-21(24)15-13-19/h3-15,22H,2,16H2,1H3. The molecule has 0 heterocycles. The van der Waals surface area contributed by atoms with Crippen LogP contribution >= 0.6 is 11.6 Å². The van der Waals surface area contributed by atoms with Gasteiger partial charge in [0.1, 0.15) is 0 Å². The fourth-order valence-electron chi connectivity index (χ4n) is 2.76. The van der Waals surface area contributed by atoms with Gasteiger partial charge in [0.05, 0.1) is 13.2 Å². The average molecular weight is 381 g/mol. The molecule has 0 aliphatic rings. The summed E-state index contributed by atoms with van der Waals surface area (Å²) in [5.41, 5.74) is 3.97. The zero-order valence-corrected chi connectivity index (χ0v) is 15.9. The van der Waals surface area contributed by atoms with Gasteiger partial charge >= 0.3 is 5.97 Å². The first-order valence-corrected chi connectivity index (χ1v) is 9.23. The summed E-state index contributed by atoms with van der Waals surface area (Å²) in [4.78, 5) is 12.3. The number of ether oxygens (including phenoxy) is 2. The highest BCUT2D eigenvalue weighted by molar-refractivity contribution is 6.30. The summed E-state index contributed by atoms with van der Waals surface area (Å²) in [6.45, 7) is 2.43. The van der Waals surface area contributed by atoms with E-state index in [1.165, 1.54) is 0 Å². The van der Waals surface area contributed by atoms with Gasteiger partial charge in [0.15, 0.2) is 6.10 Å². The Bertz CT molecular complexity index is 858. The maximum atomic E-state index is 12.3. The maximum absolute atomic E-state index is 12.3. The fourth-order valence-corrected chi connectivity index (χ4v) is 2.89. The van der Waals surface area contributed by atoms with Crippen LogP contribution in [0.2, 0.25) is 5.02 Å². The summed E-state index contributed by atoms with van der Waals surface area (Å²) < 4.78 is 11.1. The van der Waals surface area contributed by atoms with Crippen LogP contribution in [0.3, 0.4) is 0 Å². The molecule has 0 bridgehead atoms. The molecule has 0 aromatic heterocycles. The van der Waals surface area contributed by atoms with Gasteiger partial charge in [0, 0.05) is 5.02 Å². The zero-order chi connectivity index (χ0) is 19.1. The Balaban J connectivity index is 1.69. The number of esters is 1. The number of hydrogen-bond donors (Lipinski definition) is 0. The van der Waals surface area contributed by atoms with E-state index >= 15 is 0 Å². The van der Waals surface area contributed by atoms with Crippen molar-refractivity contribution in [2.75, 3.05) is 6.61 Å². The Hall–Kier alpha value is -2.62. The molecule has 3 aromatic carbocycles. The van der Waals surface area contributed by atoms with Crippen molar-refractivity contribution in [1.29, 1.82) is 0 Å². The molecular formula is C23H21ClO3. The van der Waals surface area contributed by atoms with E-state index in [4.69, 9.17) is 21.1 Å². The molecule has 138 valence electrons. The van der Waals surface area contributed by atoms with Gasteiger partial charge in [0.25, 0.3) is 0 Å². The molecule has 3 nitrogen and oxygen atoms in total. The lowest BCUT2D eigenvalue weighted by molar-refractivity contribution is -0.158. The first-order chi connectivity index (χ1) is 13.2. The highest BCUT2D eigenvalue weighted by Crippen LogP contribution is 2.24. The first kappa shape index (κ1) is 19.2. The summed E-state index contributed by atoms with van der Waals surface area (Å²) in [5, 5.41) is 0.717. The minimum atomic E-state index is -0.734. The second kappa shape index (κ2) is 9.36. The van der Waals surface area contributed by atoms with E-state index < -0.39 is 6.10 Å². The summed E-state index contributed by atoms with van der Waals surface area (Å²) in [6, 6.07) is 25.2. The monoisotopic (exact) mass is 380 g/mol. The molecule has 4 heteroatoms. The molecule has 0 fully saturated rings. The van der Waals surface area contributed by atoms with Crippen LogP contribution in [0, 0.1) is 0 Å². The van der Waals surface area contributed by atoms with E-state index in [0.717, 1.165) is 27.3 Å². The van der Waals surface area contributed by atoms with Crippen LogP contribution in [0.4, 0.5) is 0 Å². The van der Waals surface area contributed by atoms with Gasteiger partial charge in [-0.1, -0.05) is 78.3 Å². The Morgan fingerprint density at radius 1 is 0.889 bits per heavy atom. The topological polar surface area (TPSA) is 35.5 Å². The number of halogens is 1. The number of carbonyl (C=O) groups is 1. The normalized spacial score (nSPS) is 11.8. The molecule has 3 aromatic rings. The van der Waals surface area contributed by atoms with Crippen molar-refractivity contribution in [1.82, 2.24) is 0 Å². The van der Waals surface area contributed by atoms with E-state index in [-0.39, 0.29) is 5.97 Å². The first-order valence-electron chi connectivity index (χ1n) is 8.85. The molecule has 0 N–H and O–H groups in total. The van der Waals surface area contributed by atoms with Crippen LogP contribution in [0.15, 0.2) is 78.9 Å². The summed E-state index contributed by atoms with van der Waals surface area (Å²) >= 11 is 5.94. The van der Waals surface area contributed by atoms with Gasteiger partial charge in [-0.05, 0) is 41.3 Å². The SMILES string of the molecule is CCOC(=O)C(OCc1ccc(-c2ccc(Cl)cc2)cc1)c1ccccc1. The van der Waals surface area contributed by atoms with Gasteiger partial charge in [-0.15, -0.1) is 0 Å². The van der Waals surface area contributed by atoms with Crippen LogP contribution in [-0.4, -0.2) is 12.6 Å². The molecule has 0 aliphatic carbocycles. The quantitative estimate of drug-likeness (QED) is 0.484. The smallest absolute Gasteiger partial charge is 0.339 e. The van der Waals surface area contributed by atoms with Gasteiger partial charge in [0.2, 0.25) is 0 Å². The molecule has 0 spiro atoms. The van der Waals surface area contributed by atoms with Crippen molar-refractivity contribution in [2.24, 2.45) is 0 Å². The molecule has 0 aliphatic heterocycles. The molecule has 0 saturated heterocycles. The Labute approximate surface area is 164 Å². The zero-order valence-electron chi connectivity index (χ0n) is 15.1. The third-order valence-corrected chi connectivity index (χ3v) is 4.40. The highest BCUT2D eigenvalue weighted by atomic mass is 35.5. The Kier molecular flexibility index (Phi) is 6.64. The van der Waals surface area contributed by atoms with Gasteiger partial charge in [-0.2, -0.15) is 0 Å². The van der Waals surface area contributed by atoms with Crippen molar-refractivity contribution in [2.45, 2.75) is 19.6 Å². The Morgan fingerprint density at radius 2 is 1.48 bits per heavy atom. The minimum absolute atomic E-state index is 0.319. The second-order valence-electron chi connectivity index (χ2n) is 6.06. The fraction of sp³-hybridized carbons (Fsp3) is 0.174. The summed E-state index contributed by atoms with van der Waals surface area (Å²) in [6.07, 6.45) is -0.734. The van der Waals surface area contributed by atoms with Crippen LogP contribution in [0.25, 0.3) is 11.1 Å². The van der Waals surface area contributed by atoms with Crippen LogP contribution in [0.5, 0.6) is 0 Å². The lowest BCUT2D eigenvalue weighted by atomic mass is 10.0. The second-order valence-corrected chi connectivity index (χ2v) is 6.49. The summed E-state index contributed by atoms with van der Waals surface area (Å²) in [5.74, 6) is -0.374. The van der Waals surface area contributed by atoms with Crippen molar-refractivity contribution in [3.63, 3.8) is 0 Å². The van der Waals surface area contributed by atoms with E-state index in [9.17, 15) is 4.79 Å². The highest BCUT2D eigenvalue weighted by Gasteiger charge is 2.22. The largest absolute Gasteiger partial charge is 0.464 e. The van der Waals surface area contributed by atoms with Crippen molar-refractivity contribution < 1.29 is 14.3 Å². The number of benzene rings is 3. The number of rotatable bonds is 7. The molecule has 0 saturated carbocycles. The van der Waals surface area contributed by atoms with E-state index in [2.05, 4.69) is 0 Å². The molecular weight excluding hydrogens is 360 g/mol. The molecule has 27 heavy (non-hydrogen) atoms. The predicted molar refractivity (Wildman–Crippen MR) is 107 cm³/mol. The van der Waals surface area contributed by atoms with Crippen LogP contribution in [0.1, 0.15) is 24.2 Å². The molecule has 3 rings (SSSR count). The molecule has 1 unspecified atom stereocenters. The predicted octanol–water partition coefficient (Wildman–Crippen LogP) is 5.83. The van der Waals surface area contributed by atoms with E-state index in [1.54, 1.807) is 6.92 Å². The third kappa shape index (κ3) is 5.19. The van der Waals surface area contributed by atoms with Crippen LogP contribution < -0.4 is 0 Å². The van der Waals surface area contributed by atoms with Crippen molar-refractivity contribution in [3.05, 3.63) is 95.0 Å². The summed E-state index contributed by atoms with van der Waals surface area (Å²) in [7, 11) is 0. The lowest BCUT2D eigenvalue weighted by Crippen LogP contribution is -2.19. The number of hydrogen-bond acceptors (Lipinski definition) is 3. The van der Waals surface area contributed by atoms with Gasteiger partial charge < -0.3 is 9.47 Å². The van der Waals surface area contributed by atoms with Crippen LogP contribution in [-0.2, 0) is 20.9 Å². The molecule has 0 amide bonds. The van der Waals surface area contributed by atoms with Crippen molar-refractivity contribution >= 4 is 17.6 Å². The molecule has 1 atom stereocenters. The van der Waals surface area contributed by atoms with Gasteiger partial charge in [-0.25, -0.2) is 4.79 Å². The number of carbonyl (C=O) groups excluding carboxylic acids is 1. The third-order valence-electron chi connectivity index (χ3n) is 4.15. The average Bonchev–Trinajstić information content (AvgIpc) is 2.70. The maximum Gasteiger partial charge on any atom is 0.339 e.